The predicted molar refractivity (Wildman–Crippen MR) is 273 cm³/mol. The summed E-state index contributed by atoms with van der Waals surface area (Å²) >= 11 is 0. The van der Waals surface area contributed by atoms with Crippen LogP contribution in [0.15, 0.2) is 206 Å². The lowest BCUT2D eigenvalue weighted by molar-refractivity contribution is 0.660. The Morgan fingerprint density at radius 2 is 0.688 bits per heavy atom. The van der Waals surface area contributed by atoms with Crippen molar-refractivity contribution < 1.29 is 0 Å². The molecule has 0 unspecified atom stereocenters. The molecule has 0 aliphatic heterocycles. The van der Waals surface area contributed by atoms with Gasteiger partial charge in [0.05, 0.1) is 0 Å². The van der Waals surface area contributed by atoms with Gasteiger partial charge in [-0.1, -0.05) is 198 Å². The van der Waals surface area contributed by atoms with Crippen molar-refractivity contribution in [1.29, 1.82) is 0 Å². The summed E-state index contributed by atoms with van der Waals surface area (Å²) in [4.78, 5) is 0. The van der Waals surface area contributed by atoms with Gasteiger partial charge in [-0.3, -0.25) is 0 Å². The SMILES string of the molecule is CC1(C)c2ccccc2-c2ccc(-c3cccc(-c4ccc5ccc6c(-c7cccc(-c8ccc9c(c8)C(C)(C)c8ccccc8-9)c7)cc7c8ccccc8ccc7c6c5c4)c3)cc21. The Morgan fingerprint density at radius 3 is 1.33 bits per heavy atom. The van der Waals surface area contributed by atoms with Gasteiger partial charge in [0.25, 0.3) is 0 Å². The molecule has 0 saturated heterocycles. The summed E-state index contributed by atoms with van der Waals surface area (Å²) in [7, 11) is 0. The number of fused-ring (bicyclic) bond motifs is 13. The highest BCUT2D eigenvalue weighted by Gasteiger charge is 2.36. The molecule has 0 atom stereocenters. The van der Waals surface area contributed by atoms with Gasteiger partial charge in [-0.15, -0.1) is 0 Å². The smallest absolute Gasteiger partial charge is 0.0159 e. The van der Waals surface area contributed by atoms with E-state index >= 15 is 0 Å². The second-order valence-electron chi connectivity index (χ2n) is 19.3. The van der Waals surface area contributed by atoms with Gasteiger partial charge in [0.2, 0.25) is 0 Å². The summed E-state index contributed by atoms with van der Waals surface area (Å²) in [6.07, 6.45) is 0. The lowest BCUT2D eigenvalue weighted by atomic mass is 9.81. The van der Waals surface area contributed by atoms with Crippen molar-refractivity contribution in [1.82, 2.24) is 0 Å². The van der Waals surface area contributed by atoms with Crippen LogP contribution in [0.25, 0.3) is 110 Å². The van der Waals surface area contributed by atoms with Gasteiger partial charge in [-0.05, 0) is 169 Å². The minimum atomic E-state index is -0.0532. The van der Waals surface area contributed by atoms with Crippen LogP contribution in [0, 0.1) is 0 Å². The third-order valence-electron chi connectivity index (χ3n) is 15.0. The van der Waals surface area contributed by atoms with Gasteiger partial charge in [-0.2, -0.15) is 0 Å². The van der Waals surface area contributed by atoms with E-state index in [-0.39, 0.29) is 10.8 Å². The van der Waals surface area contributed by atoms with Crippen LogP contribution in [-0.2, 0) is 10.8 Å². The molecule has 0 aromatic heterocycles. The fraction of sp³-hybridized carbons (Fsp3) is 0.0938. The van der Waals surface area contributed by atoms with E-state index in [1.807, 2.05) is 0 Å². The predicted octanol–water partition coefficient (Wildman–Crippen LogP) is 17.6. The third-order valence-corrected chi connectivity index (χ3v) is 15.0. The molecule has 2 aliphatic carbocycles. The van der Waals surface area contributed by atoms with Crippen molar-refractivity contribution in [2.75, 3.05) is 0 Å². The molecule has 11 aromatic rings. The minimum Gasteiger partial charge on any atom is -0.0619 e. The minimum absolute atomic E-state index is 0.0424. The Labute approximate surface area is 375 Å². The molecule has 0 N–H and O–H groups in total. The zero-order valence-corrected chi connectivity index (χ0v) is 36.6. The molecule has 0 fully saturated rings. The molecule has 0 bridgehead atoms. The maximum atomic E-state index is 2.46. The van der Waals surface area contributed by atoms with Crippen LogP contribution in [0.2, 0.25) is 0 Å². The Kier molecular flexibility index (Phi) is 7.80. The summed E-state index contributed by atoms with van der Waals surface area (Å²) in [5.41, 5.74) is 20.8. The van der Waals surface area contributed by atoms with Gasteiger partial charge in [0.15, 0.2) is 0 Å². The highest BCUT2D eigenvalue weighted by Crippen LogP contribution is 2.51. The molecule has 11 aromatic carbocycles. The Hall–Kier alpha value is -7.54. The molecule has 0 heterocycles. The van der Waals surface area contributed by atoms with Gasteiger partial charge >= 0.3 is 0 Å². The first-order valence-corrected chi connectivity index (χ1v) is 22.7. The van der Waals surface area contributed by atoms with E-state index in [0.29, 0.717) is 0 Å². The highest BCUT2D eigenvalue weighted by molar-refractivity contribution is 6.28. The van der Waals surface area contributed by atoms with E-state index in [9.17, 15) is 0 Å². The number of hydrogen-bond acceptors (Lipinski definition) is 0. The molecular formula is C64H46. The maximum Gasteiger partial charge on any atom is 0.0159 e. The molecule has 0 amide bonds. The molecule has 2 aliphatic rings. The summed E-state index contributed by atoms with van der Waals surface area (Å²) in [5.74, 6) is 0. The zero-order valence-electron chi connectivity index (χ0n) is 36.6. The number of rotatable bonds is 4. The highest BCUT2D eigenvalue weighted by atomic mass is 14.4. The largest absolute Gasteiger partial charge is 0.0619 e. The van der Waals surface area contributed by atoms with Crippen LogP contribution in [0.3, 0.4) is 0 Å². The van der Waals surface area contributed by atoms with Crippen molar-refractivity contribution >= 4 is 43.1 Å². The molecule has 0 saturated carbocycles. The van der Waals surface area contributed by atoms with Crippen LogP contribution in [-0.4, -0.2) is 0 Å². The topological polar surface area (TPSA) is 0 Å². The van der Waals surface area contributed by atoms with Gasteiger partial charge in [-0.25, -0.2) is 0 Å². The second kappa shape index (κ2) is 13.5. The van der Waals surface area contributed by atoms with Crippen molar-refractivity contribution in [3.8, 4) is 66.8 Å². The molecule has 302 valence electrons. The van der Waals surface area contributed by atoms with E-state index in [1.54, 1.807) is 0 Å². The summed E-state index contributed by atoms with van der Waals surface area (Å²) < 4.78 is 0. The van der Waals surface area contributed by atoms with E-state index in [1.165, 1.54) is 132 Å². The first kappa shape index (κ1) is 37.1. The van der Waals surface area contributed by atoms with Crippen LogP contribution >= 0.6 is 0 Å². The quantitative estimate of drug-likeness (QED) is 0.155. The number of hydrogen-bond donors (Lipinski definition) is 0. The van der Waals surface area contributed by atoms with Crippen molar-refractivity contribution in [3.05, 3.63) is 229 Å². The van der Waals surface area contributed by atoms with Gasteiger partial charge in [0, 0.05) is 10.8 Å². The molecule has 0 heteroatoms. The normalized spacial score (nSPS) is 14.2. The molecule has 0 nitrogen and oxygen atoms in total. The molecule has 0 spiro atoms. The van der Waals surface area contributed by atoms with Crippen LogP contribution in [0.4, 0.5) is 0 Å². The van der Waals surface area contributed by atoms with Crippen molar-refractivity contribution in [2.45, 2.75) is 38.5 Å². The first-order chi connectivity index (χ1) is 31.2. The number of benzene rings is 11. The monoisotopic (exact) mass is 814 g/mol. The van der Waals surface area contributed by atoms with E-state index in [0.717, 1.165) is 0 Å². The first-order valence-electron chi connectivity index (χ1n) is 22.7. The third kappa shape index (κ3) is 5.36. The maximum absolute atomic E-state index is 2.46. The van der Waals surface area contributed by atoms with Gasteiger partial charge < -0.3 is 0 Å². The zero-order chi connectivity index (χ0) is 42.9. The Morgan fingerprint density at radius 1 is 0.234 bits per heavy atom. The van der Waals surface area contributed by atoms with E-state index < -0.39 is 0 Å². The van der Waals surface area contributed by atoms with E-state index in [4.69, 9.17) is 0 Å². The second-order valence-corrected chi connectivity index (χ2v) is 19.3. The Bertz CT molecular complexity index is 3780. The van der Waals surface area contributed by atoms with Crippen molar-refractivity contribution in [3.63, 3.8) is 0 Å². The Balaban J connectivity index is 0.967. The summed E-state index contributed by atoms with van der Waals surface area (Å²) in [5, 5.41) is 10.2. The molecule has 0 radical (unpaired) electrons. The van der Waals surface area contributed by atoms with Crippen LogP contribution < -0.4 is 0 Å². The lowest BCUT2D eigenvalue weighted by Gasteiger charge is -2.22. The molecule has 64 heavy (non-hydrogen) atoms. The summed E-state index contributed by atoms with van der Waals surface area (Å²) in [6, 6.07) is 78.0. The fourth-order valence-electron chi connectivity index (χ4n) is 11.7. The lowest BCUT2D eigenvalue weighted by Crippen LogP contribution is -2.14. The van der Waals surface area contributed by atoms with E-state index in [2.05, 4.69) is 234 Å². The summed E-state index contributed by atoms with van der Waals surface area (Å²) in [6.45, 7) is 9.45. The van der Waals surface area contributed by atoms with Crippen LogP contribution in [0.5, 0.6) is 0 Å². The molecular weight excluding hydrogens is 769 g/mol. The average molecular weight is 815 g/mol. The average Bonchev–Trinajstić information content (AvgIpc) is 3.72. The standard InChI is InChI=1S/C64H46/c1-63(2)58-21-9-7-19-49(58)51-29-27-45(36-60(51)63)42-15-11-14-41(33-42)44-24-23-40-26-31-53-55(38-57-48-18-6-5-13-39(48)25-32-54(57)62(53)56(40)35-44)47-17-12-16-43(34-47)46-28-30-52-50-20-8-10-22-59(50)64(3,4)61(52)37-46/h5-38H,1-4H3. The van der Waals surface area contributed by atoms with Gasteiger partial charge in [0.1, 0.15) is 0 Å². The molecule has 13 rings (SSSR count). The van der Waals surface area contributed by atoms with Crippen molar-refractivity contribution in [2.24, 2.45) is 0 Å². The van der Waals surface area contributed by atoms with Crippen LogP contribution in [0.1, 0.15) is 49.9 Å². The fourth-order valence-corrected chi connectivity index (χ4v) is 11.7.